The Morgan fingerprint density at radius 2 is 1.83 bits per heavy atom. The second-order valence-electron chi connectivity index (χ2n) is 10.5. The summed E-state index contributed by atoms with van der Waals surface area (Å²) < 4.78 is 90.1. The van der Waals surface area contributed by atoms with Crippen LogP contribution in [0.5, 0.6) is 0 Å². The van der Waals surface area contributed by atoms with Gasteiger partial charge >= 0.3 is 0 Å². The number of imidazole rings is 1. The van der Waals surface area contributed by atoms with Crippen LogP contribution in [0.3, 0.4) is 0 Å². The van der Waals surface area contributed by atoms with Crippen LogP contribution in [0, 0.1) is 11.3 Å². The number of fused-ring (bicyclic) bond motifs is 1. The first-order valence-corrected chi connectivity index (χ1v) is 16.4. The fourth-order valence-electron chi connectivity index (χ4n) is 5.04. The number of alkyl halides is 2. The van der Waals surface area contributed by atoms with Gasteiger partial charge in [0.05, 0.1) is 41.9 Å². The third-order valence-electron chi connectivity index (χ3n) is 7.03. The van der Waals surface area contributed by atoms with E-state index < -0.39 is 54.4 Å². The van der Waals surface area contributed by atoms with Crippen LogP contribution in [0.4, 0.5) is 14.5 Å². The molecule has 2 aliphatic rings. The van der Waals surface area contributed by atoms with Crippen molar-refractivity contribution in [2.75, 3.05) is 31.2 Å². The molecule has 0 unspecified atom stereocenters. The number of ether oxygens (including phenoxy) is 1. The lowest BCUT2D eigenvalue weighted by Crippen LogP contribution is -2.61. The number of sulfonamides is 2. The van der Waals surface area contributed by atoms with Crippen molar-refractivity contribution in [1.29, 1.82) is 5.26 Å². The number of aromatic nitrogens is 4. The van der Waals surface area contributed by atoms with Crippen LogP contribution in [0.2, 0.25) is 0 Å². The zero-order chi connectivity index (χ0) is 29.9. The molecule has 0 aliphatic carbocycles. The maximum Gasteiger partial charge on any atom is 0.291 e. The molecule has 5 heterocycles. The van der Waals surface area contributed by atoms with Crippen molar-refractivity contribution in [2.24, 2.45) is 0 Å². The van der Waals surface area contributed by atoms with Crippen LogP contribution in [0.15, 0.2) is 23.4 Å². The average molecular weight is 631 g/mol. The summed E-state index contributed by atoms with van der Waals surface area (Å²) in [6.45, 7) is 7.06. The third-order valence-corrected chi connectivity index (χ3v) is 12.0. The van der Waals surface area contributed by atoms with Crippen LogP contribution < -0.4 is 9.62 Å². The Bertz CT molecular complexity index is 1720. The molecule has 0 bridgehead atoms. The molecule has 1 N–H and O–H groups in total. The second-order valence-corrected chi connectivity index (χ2v) is 15.5. The van der Waals surface area contributed by atoms with Gasteiger partial charge in [-0.05, 0) is 33.8 Å². The van der Waals surface area contributed by atoms with E-state index in [0.29, 0.717) is 22.5 Å². The minimum absolute atomic E-state index is 0.0595. The van der Waals surface area contributed by atoms with E-state index in [-0.39, 0.29) is 42.0 Å². The number of pyridine rings is 1. The van der Waals surface area contributed by atoms with E-state index in [2.05, 4.69) is 19.9 Å². The van der Waals surface area contributed by atoms with Crippen LogP contribution in [0.1, 0.15) is 39.1 Å². The molecule has 0 radical (unpaired) electrons. The Morgan fingerprint density at radius 1 is 1.17 bits per heavy atom. The Morgan fingerprint density at radius 3 is 2.34 bits per heavy atom. The van der Waals surface area contributed by atoms with E-state index in [1.165, 1.54) is 27.2 Å². The highest BCUT2D eigenvalue weighted by atomic mass is 32.2. The summed E-state index contributed by atoms with van der Waals surface area (Å²) >= 11 is 0.634. The molecule has 5 rings (SSSR count). The van der Waals surface area contributed by atoms with E-state index in [1.807, 2.05) is 11.0 Å². The standard InChI is InChI=1S/C23H28F2N8O5S3/c1-13(2)41(36,37)33-14(3)7-31(8-15(33)4)17-5-16(40(34,35)30-23(10-26)11-38-12-23)9-32-18(17)6-27-20(32)22-29-28-21(39-22)19(24)25/h5-6,9,13-15,19,30H,7-8,11-12H2,1-4H3/t14-,15-/m0/s1. The highest BCUT2D eigenvalue weighted by Gasteiger charge is 2.44. The number of nitrogens with one attached hydrogen (secondary N) is 1. The van der Waals surface area contributed by atoms with Gasteiger partial charge in [-0.15, -0.1) is 10.2 Å². The summed E-state index contributed by atoms with van der Waals surface area (Å²) in [7, 11) is -7.86. The van der Waals surface area contributed by atoms with E-state index in [1.54, 1.807) is 27.7 Å². The zero-order valence-electron chi connectivity index (χ0n) is 22.5. The molecule has 2 atom stereocenters. The normalized spacial score (nSPS) is 21.9. The van der Waals surface area contributed by atoms with Crippen molar-refractivity contribution in [2.45, 2.75) is 61.9 Å². The van der Waals surface area contributed by atoms with Crippen molar-refractivity contribution in [3.63, 3.8) is 0 Å². The maximum atomic E-state index is 13.5. The molecule has 0 aromatic carbocycles. The molecular formula is C23H28F2N8O5S3. The van der Waals surface area contributed by atoms with E-state index in [4.69, 9.17) is 4.74 Å². The molecule has 0 spiro atoms. The van der Waals surface area contributed by atoms with Gasteiger partial charge in [-0.3, -0.25) is 4.40 Å². The summed E-state index contributed by atoms with van der Waals surface area (Å²) in [5, 5.41) is 15.8. The topological polar surface area (TPSA) is 163 Å². The molecule has 3 aromatic rings. The van der Waals surface area contributed by atoms with Crippen molar-refractivity contribution >= 4 is 42.6 Å². The number of rotatable bonds is 8. The lowest BCUT2D eigenvalue weighted by atomic mass is 10.0. The Balaban J connectivity index is 1.63. The molecule has 18 heteroatoms. The first-order chi connectivity index (χ1) is 19.2. The minimum atomic E-state index is -4.29. The SMILES string of the molecule is CC(C)S(=O)(=O)N1[C@@H](C)CN(c2cc(S(=O)(=O)NC3(C#N)COC3)cn3c(-c4nnc(C(F)F)s4)ncc23)C[C@@H]1C. The second kappa shape index (κ2) is 10.5. The van der Waals surface area contributed by atoms with Gasteiger partial charge < -0.3 is 9.64 Å². The number of piperazine rings is 1. The van der Waals surface area contributed by atoms with Crippen LogP contribution >= 0.6 is 11.3 Å². The lowest BCUT2D eigenvalue weighted by molar-refractivity contribution is -0.0324. The van der Waals surface area contributed by atoms with Crippen molar-refractivity contribution in [3.05, 3.63) is 23.5 Å². The Labute approximate surface area is 239 Å². The van der Waals surface area contributed by atoms with Crippen molar-refractivity contribution < 1.29 is 30.4 Å². The Kier molecular flexibility index (Phi) is 7.58. The van der Waals surface area contributed by atoms with Crippen LogP contribution in [-0.4, -0.2) is 89.9 Å². The van der Waals surface area contributed by atoms with E-state index in [9.17, 15) is 30.9 Å². The summed E-state index contributed by atoms with van der Waals surface area (Å²) in [4.78, 5) is 6.02. The third kappa shape index (κ3) is 5.19. The molecule has 13 nitrogen and oxygen atoms in total. The molecular weight excluding hydrogens is 603 g/mol. The zero-order valence-corrected chi connectivity index (χ0v) is 25.0. The molecule has 222 valence electrons. The number of hydrogen-bond acceptors (Lipinski definition) is 11. The molecule has 2 saturated heterocycles. The minimum Gasteiger partial charge on any atom is -0.375 e. The van der Waals surface area contributed by atoms with Gasteiger partial charge in [-0.1, -0.05) is 11.3 Å². The quantitative estimate of drug-likeness (QED) is 0.390. The molecule has 0 saturated carbocycles. The number of hydrogen-bond donors (Lipinski definition) is 1. The average Bonchev–Trinajstić information content (AvgIpc) is 3.52. The first-order valence-electron chi connectivity index (χ1n) is 12.6. The summed E-state index contributed by atoms with van der Waals surface area (Å²) in [5.74, 6) is 0.104. The van der Waals surface area contributed by atoms with Gasteiger partial charge in [-0.2, -0.15) is 14.3 Å². The van der Waals surface area contributed by atoms with Crippen LogP contribution in [0.25, 0.3) is 16.3 Å². The smallest absolute Gasteiger partial charge is 0.291 e. The number of anilines is 1. The van der Waals surface area contributed by atoms with Gasteiger partial charge in [-0.25, -0.2) is 30.6 Å². The van der Waals surface area contributed by atoms with Gasteiger partial charge in [0.2, 0.25) is 20.0 Å². The maximum absolute atomic E-state index is 13.5. The summed E-state index contributed by atoms with van der Waals surface area (Å²) in [6, 6.07) is 2.49. The highest BCUT2D eigenvalue weighted by Crippen LogP contribution is 2.35. The van der Waals surface area contributed by atoms with Gasteiger partial charge in [0.1, 0.15) is 4.90 Å². The van der Waals surface area contributed by atoms with E-state index in [0.717, 1.165) is 0 Å². The Hall–Kier alpha value is -2.82. The molecule has 41 heavy (non-hydrogen) atoms. The van der Waals surface area contributed by atoms with Gasteiger partial charge in [0.15, 0.2) is 21.4 Å². The molecule has 2 fully saturated rings. The molecule has 2 aliphatic heterocycles. The van der Waals surface area contributed by atoms with Gasteiger partial charge in [0.25, 0.3) is 6.43 Å². The number of nitriles is 1. The van der Waals surface area contributed by atoms with Crippen molar-refractivity contribution in [1.82, 2.24) is 28.6 Å². The number of halogens is 2. The summed E-state index contributed by atoms with van der Waals surface area (Å²) in [5.41, 5.74) is -0.535. The van der Waals surface area contributed by atoms with Gasteiger partial charge in [0, 0.05) is 31.4 Å². The fraction of sp³-hybridized carbons (Fsp3) is 0.565. The lowest BCUT2D eigenvalue weighted by Gasteiger charge is -2.45. The first kappa shape index (κ1) is 29.7. The summed E-state index contributed by atoms with van der Waals surface area (Å²) in [6.07, 6.45) is -0.0818. The number of nitrogens with zero attached hydrogens (tertiary/aromatic N) is 7. The van der Waals surface area contributed by atoms with E-state index >= 15 is 0 Å². The van der Waals surface area contributed by atoms with Crippen LogP contribution in [-0.2, 0) is 24.8 Å². The molecule has 0 amide bonds. The predicted molar refractivity (Wildman–Crippen MR) is 146 cm³/mol. The monoisotopic (exact) mass is 630 g/mol. The van der Waals surface area contributed by atoms with Crippen molar-refractivity contribution in [3.8, 4) is 16.9 Å². The predicted octanol–water partition coefficient (Wildman–Crippen LogP) is 2.00. The molecule has 3 aromatic heterocycles. The fourth-order valence-corrected chi connectivity index (χ4v) is 8.67. The highest BCUT2D eigenvalue weighted by molar-refractivity contribution is 7.90. The largest absolute Gasteiger partial charge is 0.375 e.